The Labute approximate surface area is 160 Å². The number of benzene rings is 1. The lowest BCUT2D eigenvalue weighted by Crippen LogP contribution is -2.43. The maximum atomic E-state index is 11.1. The molecule has 0 bridgehead atoms. The van der Waals surface area contributed by atoms with Crippen molar-refractivity contribution in [2.75, 3.05) is 0 Å². The van der Waals surface area contributed by atoms with Crippen molar-refractivity contribution >= 4 is 5.91 Å². The molecule has 1 aromatic carbocycles. The summed E-state index contributed by atoms with van der Waals surface area (Å²) in [6, 6.07) is 8.66. The minimum absolute atomic E-state index is 0.0337. The highest BCUT2D eigenvalue weighted by Gasteiger charge is 2.34. The zero-order valence-corrected chi connectivity index (χ0v) is 16.1. The number of carbonyl (C=O) groups is 1. The first-order valence-corrected chi connectivity index (χ1v) is 9.98. The number of hydrogen-bond acceptors (Lipinski definition) is 4. The Hall–Kier alpha value is -2.37. The number of hydrogen-bond donors (Lipinski definition) is 1. The predicted molar refractivity (Wildman–Crippen MR) is 103 cm³/mol. The van der Waals surface area contributed by atoms with Crippen LogP contribution in [0.25, 0.3) is 0 Å². The van der Waals surface area contributed by atoms with Crippen molar-refractivity contribution in [2.45, 2.75) is 69.9 Å². The fraction of sp³-hybridized carbons (Fsp3) is 0.571. The Morgan fingerprint density at radius 3 is 2.67 bits per heavy atom. The number of nitrogens with zero attached hydrogens (tertiary/aromatic N) is 3. The van der Waals surface area contributed by atoms with Crippen molar-refractivity contribution in [2.24, 2.45) is 7.05 Å². The topological polar surface area (TPSA) is 69.0 Å². The normalized spacial score (nSPS) is 22.4. The summed E-state index contributed by atoms with van der Waals surface area (Å²) in [5.74, 6) is 3.82. The number of aromatic nitrogens is 3. The maximum Gasteiger partial charge on any atom is 0.217 e. The molecule has 1 N–H and O–H groups in total. The van der Waals surface area contributed by atoms with E-state index >= 15 is 0 Å². The number of para-hydroxylation sites is 1. The summed E-state index contributed by atoms with van der Waals surface area (Å²) >= 11 is 0. The molecule has 0 radical (unpaired) electrons. The SMILES string of the molecule is CC(=O)NC1CC(c2nnc(COc3ccccc3C3CCCC3)n2C)C1. The first-order chi connectivity index (χ1) is 13.1. The largest absolute Gasteiger partial charge is 0.485 e. The van der Waals surface area contributed by atoms with Crippen LogP contribution in [0.3, 0.4) is 0 Å². The van der Waals surface area contributed by atoms with E-state index in [-0.39, 0.29) is 11.9 Å². The number of ether oxygens (including phenoxy) is 1. The molecular formula is C21H28N4O2. The van der Waals surface area contributed by atoms with Gasteiger partial charge in [-0.05, 0) is 43.2 Å². The molecule has 0 unspecified atom stereocenters. The molecule has 27 heavy (non-hydrogen) atoms. The third kappa shape index (κ3) is 3.84. The standard InChI is InChI=1S/C21H28N4O2/c1-14(26)22-17-11-16(12-17)21-24-23-20(25(21)2)13-27-19-10-6-5-9-18(19)15-7-3-4-8-15/h5-6,9-10,15-17H,3-4,7-8,11-13H2,1-2H3,(H,22,26). The van der Waals surface area contributed by atoms with Gasteiger partial charge in [0.05, 0.1) is 0 Å². The van der Waals surface area contributed by atoms with Crippen LogP contribution in [0.15, 0.2) is 24.3 Å². The summed E-state index contributed by atoms with van der Waals surface area (Å²) in [6.07, 6.45) is 6.99. The van der Waals surface area contributed by atoms with E-state index in [0.29, 0.717) is 18.4 Å². The van der Waals surface area contributed by atoms with Gasteiger partial charge < -0.3 is 14.6 Å². The van der Waals surface area contributed by atoms with Crippen molar-refractivity contribution in [3.63, 3.8) is 0 Å². The number of amides is 1. The first kappa shape index (κ1) is 18.0. The van der Waals surface area contributed by atoms with Crippen LogP contribution in [0.5, 0.6) is 5.75 Å². The van der Waals surface area contributed by atoms with E-state index in [1.54, 1.807) is 6.92 Å². The van der Waals surface area contributed by atoms with E-state index in [1.165, 1.54) is 31.2 Å². The second-order valence-electron chi connectivity index (χ2n) is 7.91. The van der Waals surface area contributed by atoms with E-state index in [0.717, 1.165) is 30.2 Å². The lowest BCUT2D eigenvalue weighted by atomic mass is 9.79. The van der Waals surface area contributed by atoms with Gasteiger partial charge in [-0.25, -0.2) is 0 Å². The number of nitrogens with one attached hydrogen (secondary N) is 1. The van der Waals surface area contributed by atoms with Crippen LogP contribution in [0.1, 0.15) is 74.5 Å². The third-order valence-corrected chi connectivity index (χ3v) is 5.98. The molecule has 2 fully saturated rings. The summed E-state index contributed by atoms with van der Waals surface area (Å²) in [4.78, 5) is 11.1. The molecule has 4 rings (SSSR count). The van der Waals surface area contributed by atoms with Gasteiger partial charge in [0.2, 0.25) is 5.91 Å². The summed E-state index contributed by atoms with van der Waals surface area (Å²) in [7, 11) is 2.00. The monoisotopic (exact) mass is 368 g/mol. The molecule has 1 amide bonds. The Morgan fingerprint density at radius 2 is 1.93 bits per heavy atom. The van der Waals surface area contributed by atoms with Crippen molar-refractivity contribution in [3.8, 4) is 5.75 Å². The lowest BCUT2D eigenvalue weighted by molar-refractivity contribution is -0.120. The van der Waals surface area contributed by atoms with E-state index in [1.807, 2.05) is 17.7 Å². The van der Waals surface area contributed by atoms with Gasteiger partial charge in [0.25, 0.3) is 0 Å². The van der Waals surface area contributed by atoms with Crippen LogP contribution in [0, 0.1) is 0 Å². The van der Waals surface area contributed by atoms with Gasteiger partial charge in [-0.2, -0.15) is 0 Å². The Kier molecular flexibility index (Phi) is 5.14. The van der Waals surface area contributed by atoms with Crippen molar-refractivity contribution in [1.82, 2.24) is 20.1 Å². The minimum Gasteiger partial charge on any atom is -0.485 e. The zero-order valence-electron chi connectivity index (χ0n) is 16.1. The third-order valence-electron chi connectivity index (χ3n) is 5.98. The molecule has 6 heteroatoms. The molecule has 2 aliphatic carbocycles. The number of carbonyl (C=O) groups excluding carboxylic acids is 1. The van der Waals surface area contributed by atoms with Crippen molar-refractivity contribution in [3.05, 3.63) is 41.5 Å². The molecule has 2 aromatic rings. The molecule has 2 saturated carbocycles. The quantitative estimate of drug-likeness (QED) is 0.848. The van der Waals surface area contributed by atoms with Crippen LogP contribution in [-0.4, -0.2) is 26.7 Å². The van der Waals surface area contributed by atoms with Crippen LogP contribution in [0.4, 0.5) is 0 Å². The summed E-state index contributed by atoms with van der Waals surface area (Å²) in [5.41, 5.74) is 1.33. The van der Waals surface area contributed by atoms with Crippen molar-refractivity contribution < 1.29 is 9.53 Å². The van der Waals surface area contributed by atoms with Gasteiger partial charge in [0, 0.05) is 25.9 Å². The Bertz CT molecular complexity index is 804. The molecule has 0 spiro atoms. The smallest absolute Gasteiger partial charge is 0.217 e. The Morgan fingerprint density at radius 1 is 1.19 bits per heavy atom. The van der Waals surface area contributed by atoms with Gasteiger partial charge in [-0.15, -0.1) is 10.2 Å². The van der Waals surface area contributed by atoms with Crippen molar-refractivity contribution in [1.29, 1.82) is 0 Å². The molecule has 0 saturated heterocycles. The van der Waals surface area contributed by atoms with E-state index in [9.17, 15) is 4.79 Å². The van der Waals surface area contributed by atoms with Gasteiger partial charge in [0.1, 0.15) is 18.2 Å². The second kappa shape index (κ2) is 7.71. The molecule has 1 aromatic heterocycles. The molecule has 1 heterocycles. The minimum atomic E-state index is 0.0337. The van der Waals surface area contributed by atoms with Crippen LogP contribution >= 0.6 is 0 Å². The second-order valence-corrected chi connectivity index (χ2v) is 7.91. The highest BCUT2D eigenvalue weighted by atomic mass is 16.5. The predicted octanol–water partition coefficient (Wildman–Crippen LogP) is 3.43. The molecule has 6 nitrogen and oxygen atoms in total. The summed E-state index contributed by atoms with van der Waals surface area (Å²) in [6.45, 7) is 1.99. The van der Waals surface area contributed by atoms with E-state index in [2.05, 4.69) is 33.7 Å². The van der Waals surface area contributed by atoms with Gasteiger partial charge in [-0.3, -0.25) is 4.79 Å². The molecule has 0 atom stereocenters. The Balaban J connectivity index is 1.39. The van der Waals surface area contributed by atoms with Gasteiger partial charge in [-0.1, -0.05) is 31.0 Å². The average molecular weight is 368 g/mol. The van der Waals surface area contributed by atoms with Crippen LogP contribution in [0.2, 0.25) is 0 Å². The average Bonchev–Trinajstić information content (AvgIpc) is 3.27. The highest BCUT2D eigenvalue weighted by molar-refractivity contribution is 5.73. The molecule has 2 aliphatic rings. The maximum absolute atomic E-state index is 11.1. The summed E-state index contributed by atoms with van der Waals surface area (Å²) in [5, 5.41) is 11.7. The van der Waals surface area contributed by atoms with Gasteiger partial charge >= 0.3 is 0 Å². The van der Waals surface area contributed by atoms with Gasteiger partial charge in [0.15, 0.2) is 5.82 Å². The number of rotatable bonds is 6. The summed E-state index contributed by atoms with van der Waals surface area (Å²) < 4.78 is 8.20. The van der Waals surface area contributed by atoms with Crippen LogP contribution < -0.4 is 10.1 Å². The molecule has 0 aliphatic heterocycles. The fourth-order valence-corrected chi connectivity index (χ4v) is 4.42. The molecular weight excluding hydrogens is 340 g/mol. The fourth-order valence-electron chi connectivity index (χ4n) is 4.42. The zero-order chi connectivity index (χ0) is 18.8. The first-order valence-electron chi connectivity index (χ1n) is 9.98. The highest BCUT2D eigenvalue weighted by Crippen LogP contribution is 2.39. The van der Waals surface area contributed by atoms with E-state index < -0.39 is 0 Å². The van der Waals surface area contributed by atoms with Crippen LogP contribution in [-0.2, 0) is 18.4 Å². The lowest BCUT2D eigenvalue weighted by Gasteiger charge is -2.34. The van der Waals surface area contributed by atoms with E-state index in [4.69, 9.17) is 4.74 Å². The molecule has 144 valence electrons.